The average molecular weight is 257 g/mol. The van der Waals surface area contributed by atoms with Crippen molar-refractivity contribution in [2.45, 2.75) is 12.5 Å². The van der Waals surface area contributed by atoms with Crippen LogP contribution in [0, 0.1) is 5.92 Å². The molecule has 2 aromatic rings. The van der Waals surface area contributed by atoms with E-state index in [1.54, 1.807) is 0 Å². The molecule has 2 unspecified atom stereocenters. The fourth-order valence-corrected chi connectivity index (χ4v) is 2.53. The SMILES string of the molecule is NC(COc1cccc2ccccc12)C1CCOC1. The van der Waals surface area contributed by atoms with Gasteiger partial charge in [-0.05, 0) is 17.9 Å². The Morgan fingerprint density at radius 3 is 2.89 bits per heavy atom. The van der Waals surface area contributed by atoms with Crippen LogP contribution in [0.5, 0.6) is 5.75 Å². The molecule has 0 spiro atoms. The molecule has 19 heavy (non-hydrogen) atoms. The minimum atomic E-state index is 0.0430. The predicted octanol–water partition coefficient (Wildman–Crippen LogP) is 2.58. The van der Waals surface area contributed by atoms with Crippen LogP contribution < -0.4 is 10.5 Å². The van der Waals surface area contributed by atoms with Gasteiger partial charge in [-0.2, -0.15) is 0 Å². The lowest BCUT2D eigenvalue weighted by atomic mass is 10.0. The number of nitrogens with two attached hydrogens (primary N) is 1. The van der Waals surface area contributed by atoms with Crippen molar-refractivity contribution in [2.24, 2.45) is 11.7 Å². The number of hydrogen-bond donors (Lipinski definition) is 1. The zero-order chi connectivity index (χ0) is 13.1. The van der Waals surface area contributed by atoms with Gasteiger partial charge < -0.3 is 15.2 Å². The van der Waals surface area contributed by atoms with E-state index < -0.39 is 0 Å². The van der Waals surface area contributed by atoms with E-state index >= 15 is 0 Å². The van der Waals surface area contributed by atoms with E-state index in [1.165, 1.54) is 5.39 Å². The third kappa shape index (κ3) is 2.72. The second-order valence-electron chi connectivity index (χ2n) is 5.08. The van der Waals surface area contributed by atoms with Gasteiger partial charge in [0, 0.05) is 24.0 Å². The summed E-state index contributed by atoms with van der Waals surface area (Å²) >= 11 is 0. The fourth-order valence-electron chi connectivity index (χ4n) is 2.53. The topological polar surface area (TPSA) is 44.5 Å². The van der Waals surface area contributed by atoms with E-state index in [2.05, 4.69) is 18.2 Å². The smallest absolute Gasteiger partial charge is 0.127 e. The van der Waals surface area contributed by atoms with Crippen molar-refractivity contribution in [3.8, 4) is 5.75 Å². The van der Waals surface area contributed by atoms with E-state index in [9.17, 15) is 0 Å². The fraction of sp³-hybridized carbons (Fsp3) is 0.375. The van der Waals surface area contributed by atoms with Crippen LogP contribution in [0.2, 0.25) is 0 Å². The number of ether oxygens (including phenoxy) is 2. The zero-order valence-electron chi connectivity index (χ0n) is 10.9. The molecule has 1 aliphatic rings. The maximum Gasteiger partial charge on any atom is 0.127 e. The van der Waals surface area contributed by atoms with Crippen molar-refractivity contribution in [1.29, 1.82) is 0 Å². The third-order valence-electron chi connectivity index (χ3n) is 3.75. The number of fused-ring (bicyclic) bond motifs is 1. The molecular formula is C16H19NO2. The van der Waals surface area contributed by atoms with E-state index in [0.717, 1.165) is 30.8 Å². The first-order valence-electron chi connectivity index (χ1n) is 6.78. The molecule has 3 rings (SSSR count). The summed E-state index contributed by atoms with van der Waals surface area (Å²) in [7, 11) is 0. The van der Waals surface area contributed by atoms with Gasteiger partial charge in [-0.3, -0.25) is 0 Å². The minimum Gasteiger partial charge on any atom is -0.491 e. The Bertz CT molecular complexity index is 544. The Labute approximate surface area is 113 Å². The third-order valence-corrected chi connectivity index (χ3v) is 3.75. The van der Waals surface area contributed by atoms with E-state index in [-0.39, 0.29) is 6.04 Å². The first kappa shape index (κ1) is 12.5. The minimum absolute atomic E-state index is 0.0430. The van der Waals surface area contributed by atoms with Crippen molar-refractivity contribution in [2.75, 3.05) is 19.8 Å². The molecule has 0 aromatic heterocycles. The largest absolute Gasteiger partial charge is 0.491 e. The maximum atomic E-state index is 6.17. The summed E-state index contributed by atoms with van der Waals surface area (Å²) in [6.07, 6.45) is 1.04. The number of benzene rings is 2. The summed E-state index contributed by atoms with van der Waals surface area (Å²) < 4.78 is 11.3. The van der Waals surface area contributed by atoms with Crippen LogP contribution in [0.15, 0.2) is 42.5 Å². The molecule has 100 valence electrons. The molecule has 0 aliphatic carbocycles. The monoisotopic (exact) mass is 257 g/mol. The standard InChI is InChI=1S/C16H19NO2/c17-15(13-8-9-18-10-13)11-19-16-7-3-5-12-4-1-2-6-14(12)16/h1-7,13,15H,8-11,17H2. The van der Waals surface area contributed by atoms with Crippen LogP contribution in [0.3, 0.4) is 0 Å². The second kappa shape index (κ2) is 5.59. The van der Waals surface area contributed by atoms with Crippen molar-refractivity contribution in [3.63, 3.8) is 0 Å². The van der Waals surface area contributed by atoms with Crippen LogP contribution in [0.4, 0.5) is 0 Å². The summed E-state index contributed by atoms with van der Waals surface area (Å²) in [5.41, 5.74) is 6.17. The lowest BCUT2D eigenvalue weighted by Crippen LogP contribution is -2.36. The Hall–Kier alpha value is -1.58. The van der Waals surface area contributed by atoms with Crippen molar-refractivity contribution in [1.82, 2.24) is 0 Å². The molecule has 0 saturated carbocycles. The second-order valence-corrected chi connectivity index (χ2v) is 5.08. The summed E-state index contributed by atoms with van der Waals surface area (Å²) in [5, 5.41) is 2.33. The van der Waals surface area contributed by atoms with Crippen LogP contribution in [0.25, 0.3) is 10.8 Å². The van der Waals surface area contributed by atoms with Gasteiger partial charge in [0.15, 0.2) is 0 Å². The van der Waals surface area contributed by atoms with Gasteiger partial charge in [0.05, 0.1) is 6.61 Å². The van der Waals surface area contributed by atoms with Gasteiger partial charge in [-0.15, -0.1) is 0 Å². The van der Waals surface area contributed by atoms with Gasteiger partial charge >= 0.3 is 0 Å². The lowest BCUT2D eigenvalue weighted by Gasteiger charge is -2.18. The molecular weight excluding hydrogens is 238 g/mol. The molecule has 1 fully saturated rings. The number of hydrogen-bond acceptors (Lipinski definition) is 3. The molecule has 0 bridgehead atoms. The summed E-state index contributed by atoms with van der Waals surface area (Å²) in [4.78, 5) is 0. The molecule has 1 heterocycles. The van der Waals surface area contributed by atoms with Crippen molar-refractivity contribution < 1.29 is 9.47 Å². The quantitative estimate of drug-likeness (QED) is 0.915. The summed E-state index contributed by atoms with van der Waals surface area (Å²) in [5.74, 6) is 1.34. The molecule has 2 N–H and O–H groups in total. The Morgan fingerprint density at radius 1 is 1.21 bits per heavy atom. The number of rotatable bonds is 4. The summed E-state index contributed by atoms with van der Waals surface area (Å²) in [6, 6.07) is 14.4. The normalized spacial score (nSPS) is 20.6. The predicted molar refractivity (Wildman–Crippen MR) is 76.3 cm³/mol. The molecule has 2 aromatic carbocycles. The molecule has 0 radical (unpaired) electrons. The molecule has 2 atom stereocenters. The molecule has 3 nitrogen and oxygen atoms in total. The van der Waals surface area contributed by atoms with E-state index in [1.807, 2.05) is 24.3 Å². The zero-order valence-corrected chi connectivity index (χ0v) is 10.9. The van der Waals surface area contributed by atoms with Gasteiger partial charge in [0.25, 0.3) is 0 Å². The maximum absolute atomic E-state index is 6.17. The first-order chi connectivity index (χ1) is 9.34. The molecule has 0 amide bonds. The van der Waals surface area contributed by atoms with Gasteiger partial charge in [-0.1, -0.05) is 36.4 Å². The average Bonchev–Trinajstić information content (AvgIpc) is 2.99. The highest BCUT2D eigenvalue weighted by Gasteiger charge is 2.23. The van der Waals surface area contributed by atoms with Crippen LogP contribution in [0.1, 0.15) is 6.42 Å². The Morgan fingerprint density at radius 2 is 2.05 bits per heavy atom. The van der Waals surface area contributed by atoms with Gasteiger partial charge in [0.1, 0.15) is 12.4 Å². The van der Waals surface area contributed by atoms with Gasteiger partial charge in [0.2, 0.25) is 0 Å². The Kier molecular flexibility index (Phi) is 3.67. The Balaban J connectivity index is 1.71. The summed E-state index contributed by atoms with van der Waals surface area (Å²) in [6.45, 7) is 2.13. The van der Waals surface area contributed by atoms with Crippen LogP contribution in [-0.2, 0) is 4.74 Å². The molecule has 1 saturated heterocycles. The van der Waals surface area contributed by atoms with Crippen molar-refractivity contribution in [3.05, 3.63) is 42.5 Å². The molecule has 3 heteroatoms. The van der Waals surface area contributed by atoms with Crippen molar-refractivity contribution >= 4 is 10.8 Å². The first-order valence-corrected chi connectivity index (χ1v) is 6.78. The van der Waals surface area contributed by atoms with Crippen LogP contribution in [-0.4, -0.2) is 25.9 Å². The highest BCUT2D eigenvalue weighted by atomic mass is 16.5. The lowest BCUT2D eigenvalue weighted by molar-refractivity contribution is 0.170. The highest BCUT2D eigenvalue weighted by Crippen LogP contribution is 2.25. The molecule has 1 aliphatic heterocycles. The highest BCUT2D eigenvalue weighted by molar-refractivity contribution is 5.88. The van der Waals surface area contributed by atoms with Crippen LogP contribution >= 0.6 is 0 Å². The van der Waals surface area contributed by atoms with E-state index in [4.69, 9.17) is 15.2 Å². The van der Waals surface area contributed by atoms with Gasteiger partial charge in [-0.25, -0.2) is 0 Å². The van der Waals surface area contributed by atoms with E-state index in [0.29, 0.717) is 12.5 Å².